The lowest BCUT2D eigenvalue weighted by Crippen LogP contribution is -2.45. The molecule has 1 fully saturated rings. The first-order chi connectivity index (χ1) is 9.08. The SMILES string of the molecule is C=C(C)C[C@H](c1ccc(O)c(O)c1)N1CCNCC1.Cl.Cl. The smallest absolute Gasteiger partial charge is 0.157 e. The summed E-state index contributed by atoms with van der Waals surface area (Å²) in [6.07, 6.45) is 0.865. The van der Waals surface area contributed by atoms with Gasteiger partial charge < -0.3 is 15.5 Å². The Morgan fingerprint density at radius 2 is 1.86 bits per heavy atom. The molecule has 2 rings (SSSR count). The summed E-state index contributed by atoms with van der Waals surface area (Å²) in [6.45, 7) is 9.96. The molecule has 0 radical (unpaired) electrons. The molecule has 1 aromatic carbocycles. The zero-order chi connectivity index (χ0) is 13.8. The number of hydrogen-bond donors (Lipinski definition) is 3. The number of nitrogens with zero attached hydrogens (tertiary/aromatic N) is 1. The van der Waals surface area contributed by atoms with Crippen LogP contribution in [0.4, 0.5) is 0 Å². The minimum absolute atomic E-state index is 0. The second kappa shape index (κ2) is 9.15. The van der Waals surface area contributed by atoms with E-state index in [4.69, 9.17) is 0 Å². The van der Waals surface area contributed by atoms with Crippen molar-refractivity contribution in [2.75, 3.05) is 26.2 Å². The fourth-order valence-corrected chi connectivity index (χ4v) is 2.53. The topological polar surface area (TPSA) is 55.7 Å². The number of phenols is 2. The highest BCUT2D eigenvalue weighted by Gasteiger charge is 2.22. The van der Waals surface area contributed by atoms with Crippen molar-refractivity contribution in [3.05, 3.63) is 35.9 Å². The quantitative estimate of drug-likeness (QED) is 0.585. The van der Waals surface area contributed by atoms with E-state index in [9.17, 15) is 10.2 Å². The van der Waals surface area contributed by atoms with Gasteiger partial charge in [-0.15, -0.1) is 31.4 Å². The summed E-state index contributed by atoms with van der Waals surface area (Å²) in [7, 11) is 0. The highest BCUT2D eigenvalue weighted by Crippen LogP contribution is 2.33. The molecule has 1 aliphatic rings. The van der Waals surface area contributed by atoms with E-state index in [0.29, 0.717) is 0 Å². The molecule has 0 amide bonds. The Bertz CT molecular complexity index is 463. The number of hydrogen-bond acceptors (Lipinski definition) is 4. The van der Waals surface area contributed by atoms with Gasteiger partial charge in [-0.05, 0) is 31.0 Å². The molecule has 1 atom stereocenters. The Labute approximate surface area is 138 Å². The maximum atomic E-state index is 9.68. The molecule has 3 N–H and O–H groups in total. The lowest BCUT2D eigenvalue weighted by Gasteiger charge is -2.35. The Morgan fingerprint density at radius 3 is 2.38 bits per heavy atom. The van der Waals surface area contributed by atoms with Crippen molar-refractivity contribution in [2.24, 2.45) is 0 Å². The number of phenolic OH excluding ortho intramolecular Hbond substituents is 2. The van der Waals surface area contributed by atoms with Gasteiger partial charge in [0.2, 0.25) is 0 Å². The van der Waals surface area contributed by atoms with E-state index in [1.165, 1.54) is 0 Å². The summed E-state index contributed by atoms with van der Waals surface area (Å²) in [6, 6.07) is 5.31. The minimum Gasteiger partial charge on any atom is -0.504 e. The van der Waals surface area contributed by atoms with Crippen LogP contribution in [-0.4, -0.2) is 41.3 Å². The number of halogens is 2. The Morgan fingerprint density at radius 1 is 1.24 bits per heavy atom. The largest absolute Gasteiger partial charge is 0.504 e. The van der Waals surface area contributed by atoms with Gasteiger partial charge in [0.15, 0.2) is 11.5 Å². The number of rotatable bonds is 4. The normalized spacial score (nSPS) is 16.4. The first kappa shape index (κ1) is 20.1. The van der Waals surface area contributed by atoms with E-state index in [-0.39, 0.29) is 42.4 Å². The maximum Gasteiger partial charge on any atom is 0.157 e. The van der Waals surface area contributed by atoms with Crippen molar-refractivity contribution in [1.82, 2.24) is 10.2 Å². The number of nitrogens with one attached hydrogen (secondary N) is 1. The molecule has 4 nitrogen and oxygen atoms in total. The van der Waals surface area contributed by atoms with Crippen LogP contribution in [0.15, 0.2) is 30.4 Å². The van der Waals surface area contributed by atoms with Gasteiger partial charge in [-0.25, -0.2) is 0 Å². The van der Waals surface area contributed by atoms with Crippen molar-refractivity contribution in [2.45, 2.75) is 19.4 Å². The summed E-state index contributed by atoms with van der Waals surface area (Å²) in [5, 5.41) is 22.4. The molecule has 6 heteroatoms. The van der Waals surface area contributed by atoms with E-state index in [2.05, 4.69) is 16.8 Å². The lowest BCUT2D eigenvalue weighted by atomic mass is 9.97. The average Bonchev–Trinajstić information content (AvgIpc) is 2.40. The molecular weight excluding hydrogens is 311 g/mol. The standard InChI is InChI=1S/C15H22N2O2.2ClH/c1-11(2)9-13(17-7-5-16-6-8-17)12-3-4-14(18)15(19)10-12;;/h3-4,10,13,16,18-19H,1,5-9H2,2H3;2*1H/t13-;;/m1../s1. The molecule has 0 spiro atoms. The third-order valence-electron chi connectivity index (χ3n) is 3.52. The van der Waals surface area contributed by atoms with Crippen molar-refractivity contribution in [1.29, 1.82) is 0 Å². The molecule has 1 aliphatic heterocycles. The van der Waals surface area contributed by atoms with Gasteiger partial charge in [0.05, 0.1) is 0 Å². The molecule has 21 heavy (non-hydrogen) atoms. The van der Waals surface area contributed by atoms with Crippen molar-refractivity contribution >= 4 is 24.8 Å². The predicted octanol–water partition coefficient (Wildman–Crippen LogP) is 2.85. The fourth-order valence-electron chi connectivity index (χ4n) is 2.53. The molecular formula is C15H24Cl2N2O2. The Hall–Kier alpha value is -0.940. The first-order valence-electron chi connectivity index (χ1n) is 6.69. The van der Waals surface area contributed by atoms with Gasteiger partial charge in [-0.3, -0.25) is 4.90 Å². The van der Waals surface area contributed by atoms with Crippen LogP contribution < -0.4 is 5.32 Å². The van der Waals surface area contributed by atoms with Crippen molar-refractivity contribution in [3.8, 4) is 11.5 Å². The highest BCUT2D eigenvalue weighted by molar-refractivity contribution is 5.85. The molecule has 0 aliphatic carbocycles. The van der Waals surface area contributed by atoms with Crippen LogP contribution in [0.5, 0.6) is 11.5 Å². The Kier molecular flexibility index (Phi) is 8.74. The summed E-state index contributed by atoms with van der Waals surface area (Å²) in [4.78, 5) is 2.40. The van der Waals surface area contributed by atoms with Crippen LogP contribution in [-0.2, 0) is 0 Å². The van der Waals surface area contributed by atoms with Gasteiger partial charge in [-0.1, -0.05) is 11.6 Å². The summed E-state index contributed by atoms with van der Waals surface area (Å²) in [5.41, 5.74) is 2.15. The average molecular weight is 335 g/mol. The number of aromatic hydroxyl groups is 2. The third kappa shape index (κ3) is 5.40. The van der Waals surface area contributed by atoms with Crippen LogP contribution in [0.3, 0.4) is 0 Å². The molecule has 0 saturated carbocycles. The third-order valence-corrected chi connectivity index (χ3v) is 3.52. The Balaban J connectivity index is 0.00000200. The maximum absolute atomic E-state index is 9.68. The second-order valence-corrected chi connectivity index (χ2v) is 5.21. The van der Waals surface area contributed by atoms with E-state index < -0.39 is 0 Å². The molecule has 0 unspecified atom stereocenters. The van der Waals surface area contributed by atoms with E-state index in [0.717, 1.165) is 43.7 Å². The van der Waals surface area contributed by atoms with Crippen molar-refractivity contribution < 1.29 is 10.2 Å². The fraction of sp³-hybridized carbons (Fsp3) is 0.467. The minimum atomic E-state index is -0.0712. The zero-order valence-corrected chi connectivity index (χ0v) is 13.8. The molecule has 0 aromatic heterocycles. The number of piperazine rings is 1. The van der Waals surface area contributed by atoms with Crippen LogP contribution in [0.2, 0.25) is 0 Å². The molecule has 1 aromatic rings. The van der Waals surface area contributed by atoms with E-state index in [1.807, 2.05) is 13.0 Å². The van der Waals surface area contributed by atoms with Gasteiger partial charge in [0.25, 0.3) is 0 Å². The van der Waals surface area contributed by atoms with Gasteiger partial charge in [-0.2, -0.15) is 0 Å². The molecule has 1 saturated heterocycles. The summed E-state index contributed by atoms with van der Waals surface area (Å²) in [5.74, 6) is -0.127. The first-order valence-corrected chi connectivity index (χ1v) is 6.69. The highest BCUT2D eigenvalue weighted by atomic mass is 35.5. The molecule has 1 heterocycles. The van der Waals surface area contributed by atoms with Gasteiger partial charge >= 0.3 is 0 Å². The predicted molar refractivity (Wildman–Crippen MR) is 90.9 cm³/mol. The van der Waals surface area contributed by atoms with Gasteiger partial charge in [0, 0.05) is 32.2 Å². The van der Waals surface area contributed by atoms with Gasteiger partial charge in [0.1, 0.15) is 0 Å². The van der Waals surface area contributed by atoms with Crippen LogP contribution >= 0.6 is 24.8 Å². The van der Waals surface area contributed by atoms with Crippen molar-refractivity contribution in [3.63, 3.8) is 0 Å². The van der Waals surface area contributed by atoms with Crippen LogP contribution in [0.25, 0.3) is 0 Å². The summed E-state index contributed by atoms with van der Waals surface area (Å²) >= 11 is 0. The monoisotopic (exact) mass is 334 g/mol. The summed E-state index contributed by atoms with van der Waals surface area (Å²) < 4.78 is 0. The van der Waals surface area contributed by atoms with Crippen LogP contribution in [0.1, 0.15) is 24.9 Å². The zero-order valence-electron chi connectivity index (χ0n) is 12.2. The number of benzene rings is 1. The second-order valence-electron chi connectivity index (χ2n) is 5.21. The molecule has 0 bridgehead atoms. The van der Waals surface area contributed by atoms with Crippen LogP contribution in [0, 0.1) is 0 Å². The van der Waals surface area contributed by atoms with E-state index >= 15 is 0 Å². The molecule has 120 valence electrons. The van der Waals surface area contributed by atoms with E-state index in [1.54, 1.807) is 12.1 Å². The lowest BCUT2D eigenvalue weighted by molar-refractivity contribution is 0.172.